The highest BCUT2D eigenvalue weighted by atomic mass is 16.3. The second kappa shape index (κ2) is 10.4. The molecule has 1 fully saturated rings. The molecule has 162 valence electrons. The van der Waals surface area contributed by atoms with Gasteiger partial charge < -0.3 is 5.11 Å². The Balaban J connectivity index is 0.000000225. The lowest BCUT2D eigenvalue weighted by atomic mass is 9.87. The van der Waals surface area contributed by atoms with Crippen LogP contribution in [0, 0.1) is 11.3 Å². The summed E-state index contributed by atoms with van der Waals surface area (Å²) in [5, 5.41) is 8.83. The summed E-state index contributed by atoms with van der Waals surface area (Å²) in [6.07, 6.45) is 6.67. The molecule has 2 nitrogen and oxygen atoms in total. The van der Waals surface area contributed by atoms with E-state index in [1.54, 1.807) is 6.20 Å². The molecular weight excluding hydrogens is 354 g/mol. The van der Waals surface area contributed by atoms with Gasteiger partial charge in [-0.15, -0.1) is 0 Å². The monoisotopic (exact) mass is 397 g/mol. The first-order valence-electron chi connectivity index (χ1n) is 10.9. The van der Waals surface area contributed by atoms with Crippen LogP contribution in [0.2, 0.25) is 0 Å². The topological polar surface area (TPSA) is 33.1 Å². The molecule has 1 aliphatic carbocycles. The van der Waals surface area contributed by atoms with Crippen LogP contribution in [-0.4, -0.2) is 10.1 Å². The maximum atomic E-state index is 8.83. The van der Waals surface area contributed by atoms with Gasteiger partial charge in [-0.2, -0.15) is 0 Å². The number of nitrogens with zero attached hydrogens (tertiary/aromatic N) is 1. The second-order valence-corrected chi connectivity index (χ2v) is 11.2. The van der Waals surface area contributed by atoms with Gasteiger partial charge in [0.2, 0.25) is 0 Å². The molecule has 0 radical (unpaired) electrons. The lowest BCUT2D eigenvalue weighted by Crippen LogP contribution is -2.10. The summed E-state index contributed by atoms with van der Waals surface area (Å²) in [5.41, 5.74) is 4.61. The third kappa shape index (κ3) is 10.1. The van der Waals surface area contributed by atoms with Crippen molar-refractivity contribution in [3.63, 3.8) is 0 Å². The molecule has 1 saturated carbocycles. The van der Waals surface area contributed by atoms with Crippen molar-refractivity contribution in [2.75, 3.05) is 0 Å². The number of hydrogen-bond donors (Lipinski definition) is 1. The highest BCUT2D eigenvalue weighted by Crippen LogP contribution is 2.44. The van der Waals surface area contributed by atoms with E-state index in [1.807, 2.05) is 24.4 Å². The van der Waals surface area contributed by atoms with E-state index in [9.17, 15) is 0 Å². The highest BCUT2D eigenvalue weighted by Gasteiger charge is 2.33. The minimum atomic E-state index is 0.129. The Morgan fingerprint density at radius 3 is 1.55 bits per heavy atom. The third-order valence-electron chi connectivity index (χ3n) is 5.33. The van der Waals surface area contributed by atoms with Crippen LogP contribution in [0.25, 0.3) is 0 Å². The van der Waals surface area contributed by atoms with E-state index >= 15 is 0 Å². The van der Waals surface area contributed by atoms with Gasteiger partial charge in [0.1, 0.15) is 0 Å². The number of aromatic nitrogens is 1. The van der Waals surface area contributed by atoms with Gasteiger partial charge >= 0.3 is 0 Å². The first-order valence-corrected chi connectivity index (χ1v) is 10.9. The third-order valence-corrected chi connectivity index (χ3v) is 5.33. The minimum Gasteiger partial charge on any atom is -0.392 e. The zero-order chi connectivity index (χ0) is 22.3. The molecular formula is C27H43NO. The van der Waals surface area contributed by atoms with E-state index in [1.165, 1.54) is 24.0 Å². The number of rotatable bonds is 1. The molecule has 1 N–H and O–H groups in total. The zero-order valence-corrected chi connectivity index (χ0v) is 20.2. The molecule has 29 heavy (non-hydrogen) atoms. The number of hydrogen-bond acceptors (Lipinski definition) is 2. The second-order valence-electron chi connectivity index (χ2n) is 11.2. The lowest BCUT2D eigenvalue weighted by molar-refractivity contribution is 0.282. The standard InChI is InChI=1S/C11H16O.C9H13N.C7H14/c1-11(2,3)10-6-4-9(8-12)5-7-10;1-9(2,3)8-5-4-6-10-7-8;1-7(2,3)6-4-5-6/h4-7,12H,8H2,1-3H3;4-7H,1-3H3;6H,4-5H2,1-3H3. The molecule has 0 unspecified atom stereocenters. The molecule has 2 aromatic rings. The predicted octanol–water partition coefficient (Wildman–Crippen LogP) is 7.30. The molecule has 3 rings (SSSR count). The van der Waals surface area contributed by atoms with E-state index < -0.39 is 0 Å². The fraction of sp³-hybridized carbons (Fsp3) is 0.593. The van der Waals surface area contributed by atoms with Crippen molar-refractivity contribution < 1.29 is 5.11 Å². The van der Waals surface area contributed by atoms with Crippen LogP contribution in [0.3, 0.4) is 0 Å². The largest absolute Gasteiger partial charge is 0.392 e. The summed E-state index contributed by atoms with van der Waals surface area (Å²) < 4.78 is 0. The van der Waals surface area contributed by atoms with Crippen molar-refractivity contribution >= 4 is 0 Å². The normalized spacial score (nSPS) is 14.3. The van der Waals surface area contributed by atoms with Crippen LogP contribution in [-0.2, 0) is 17.4 Å². The average Bonchev–Trinajstić information content (AvgIpc) is 3.47. The zero-order valence-electron chi connectivity index (χ0n) is 20.2. The van der Waals surface area contributed by atoms with Gasteiger partial charge in [-0.05, 0) is 57.8 Å². The first-order chi connectivity index (χ1) is 13.2. The van der Waals surface area contributed by atoms with Gasteiger partial charge in [0, 0.05) is 12.4 Å². The van der Waals surface area contributed by atoms with Crippen LogP contribution in [0.4, 0.5) is 0 Å². The molecule has 2 heteroatoms. The molecule has 1 aromatic carbocycles. The Bertz CT molecular complexity index is 693. The molecule has 0 bridgehead atoms. The SMILES string of the molecule is CC(C)(C)C1CC1.CC(C)(C)c1ccc(CO)cc1.CC(C)(C)c1cccnc1. The first kappa shape index (κ1) is 25.4. The van der Waals surface area contributed by atoms with E-state index in [2.05, 4.69) is 85.5 Å². The lowest BCUT2D eigenvalue weighted by Gasteiger charge is -2.18. The Morgan fingerprint density at radius 1 is 0.793 bits per heavy atom. The van der Waals surface area contributed by atoms with Crippen molar-refractivity contribution in [2.45, 2.75) is 92.6 Å². The van der Waals surface area contributed by atoms with Crippen molar-refractivity contribution in [3.05, 3.63) is 65.5 Å². The van der Waals surface area contributed by atoms with Gasteiger partial charge in [-0.3, -0.25) is 4.98 Å². The van der Waals surface area contributed by atoms with Crippen LogP contribution in [0.1, 0.15) is 91.8 Å². The fourth-order valence-corrected chi connectivity index (χ4v) is 2.87. The molecule has 0 amide bonds. The number of aliphatic hydroxyl groups is 1. The smallest absolute Gasteiger partial charge is 0.0681 e. The summed E-state index contributed by atoms with van der Waals surface area (Å²) in [6, 6.07) is 12.2. The van der Waals surface area contributed by atoms with E-state index in [4.69, 9.17) is 5.11 Å². The van der Waals surface area contributed by atoms with Gasteiger partial charge in [-0.1, -0.05) is 92.6 Å². The van der Waals surface area contributed by atoms with Gasteiger partial charge in [0.25, 0.3) is 0 Å². The molecule has 0 aliphatic heterocycles. The average molecular weight is 398 g/mol. The van der Waals surface area contributed by atoms with Crippen molar-refractivity contribution in [1.82, 2.24) is 4.98 Å². The number of benzene rings is 1. The van der Waals surface area contributed by atoms with E-state index in [-0.39, 0.29) is 17.4 Å². The summed E-state index contributed by atoms with van der Waals surface area (Å²) in [5.74, 6) is 1.05. The van der Waals surface area contributed by atoms with Gasteiger partial charge in [0.05, 0.1) is 6.61 Å². The van der Waals surface area contributed by atoms with Gasteiger partial charge in [-0.25, -0.2) is 0 Å². The van der Waals surface area contributed by atoms with Crippen LogP contribution in [0.15, 0.2) is 48.8 Å². The van der Waals surface area contributed by atoms with Gasteiger partial charge in [0.15, 0.2) is 0 Å². The van der Waals surface area contributed by atoms with E-state index in [0.717, 1.165) is 11.5 Å². The Labute approximate surface area is 179 Å². The maximum absolute atomic E-state index is 8.83. The predicted molar refractivity (Wildman–Crippen MR) is 126 cm³/mol. The quantitative estimate of drug-likeness (QED) is 0.547. The fourth-order valence-electron chi connectivity index (χ4n) is 2.87. The summed E-state index contributed by atoms with van der Waals surface area (Å²) >= 11 is 0. The maximum Gasteiger partial charge on any atom is 0.0681 e. The minimum absolute atomic E-state index is 0.129. The molecule has 0 spiro atoms. The van der Waals surface area contributed by atoms with Crippen molar-refractivity contribution in [2.24, 2.45) is 11.3 Å². The molecule has 1 aliphatic rings. The summed E-state index contributed by atoms with van der Waals surface area (Å²) in [6.45, 7) is 20.2. The van der Waals surface area contributed by atoms with Crippen molar-refractivity contribution in [3.8, 4) is 0 Å². The van der Waals surface area contributed by atoms with Crippen LogP contribution >= 0.6 is 0 Å². The van der Waals surface area contributed by atoms with Crippen LogP contribution < -0.4 is 0 Å². The van der Waals surface area contributed by atoms with Crippen LogP contribution in [0.5, 0.6) is 0 Å². The Morgan fingerprint density at radius 2 is 1.31 bits per heavy atom. The summed E-state index contributed by atoms with van der Waals surface area (Å²) in [4.78, 5) is 4.05. The molecule has 0 saturated heterocycles. The number of aliphatic hydroxyl groups excluding tert-OH is 1. The molecule has 1 heterocycles. The Kier molecular flexibility index (Phi) is 9.09. The highest BCUT2D eigenvalue weighted by molar-refractivity contribution is 5.27. The Hall–Kier alpha value is -1.67. The number of pyridine rings is 1. The molecule has 0 atom stereocenters. The molecule has 1 aromatic heterocycles. The van der Waals surface area contributed by atoms with Crippen molar-refractivity contribution in [1.29, 1.82) is 0 Å². The summed E-state index contributed by atoms with van der Waals surface area (Å²) in [7, 11) is 0. The van der Waals surface area contributed by atoms with E-state index in [0.29, 0.717) is 5.41 Å².